The van der Waals surface area contributed by atoms with Gasteiger partial charge in [-0.3, -0.25) is 0 Å². The van der Waals surface area contributed by atoms with Crippen molar-refractivity contribution in [2.45, 2.75) is 0 Å². The molecule has 0 saturated carbocycles. The molecule has 0 aliphatic carbocycles. The van der Waals surface area contributed by atoms with Crippen molar-refractivity contribution in [2.24, 2.45) is 7.05 Å². The fraction of sp³-hybridized carbons (Fsp3) is 0.0909. The summed E-state index contributed by atoms with van der Waals surface area (Å²) in [4.78, 5) is 0. The van der Waals surface area contributed by atoms with Crippen molar-refractivity contribution in [3.05, 3.63) is 42.0 Å². The Bertz CT molecular complexity index is 468. The lowest BCUT2D eigenvalue weighted by atomic mass is 10.2. The van der Waals surface area contributed by atoms with Crippen LogP contribution < -0.4 is 5.73 Å². The zero-order valence-electron chi connectivity index (χ0n) is 8.46. The second-order valence-electron chi connectivity index (χ2n) is 3.30. The summed E-state index contributed by atoms with van der Waals surface area (Å²) in [7, 11) is 1.91. The molecule has 0 spiro atoms. The summed E-state index contributed by atoms with van der Waals surface area (Å²) >= 11 is 0. The van der Waals surface area contributed by atoms with Gasteiger partial charge in [0.15, 0.2) is 5.82 Å². The maximum atomic E-state index is 5.59. The molecule has 0 bridgehead atoms. The summed E-state index contributed by atoms with van der Waals surface area (Å²) in [6.07, 6.45) is 5.56. The van der Waals surface area contributed by atoms with Crippen molar-refractivity contribution in [1.82, 2.24) is 14.8 Å². The largest absolute Gasteiger partial charge is 0.399 e. The average molecular weight is 200 g/mol. The highest BCUT2D eigenvalue weighted by molar-refractivity contribution is 5.67. The molecule has 0 fully saturated rings. The molecule has 0 aliphatic heterocycles. The fourth-order valence-electron chi connectivity index (χ4n) is 1.22. The third kappa shape index (κ3) is 2.22. The maximum Gasteiger partial charge on any atom is 0.156 e. The Balaban J connectivity index is 2.19. The van der Waals surface area contributed by atoms with Crippen molar-refractivity contribution in [3.8, 4) is 0 Å². The molecule has 15 heavy (non-hydrogen) atoms. The van der Waals surface area contributed by atoms with Crippen molar-refractivity contribution >= 4 is 17.8 Å². The van der Waals surface area contributed by atoms with E-state index in [0.29, 0.717) is 0 Å². The smallest absolute Gasteiger partial charge is 0.156 e. The van der Waals surface area contributed by atoms with E-state index >= 15 is 0 Å². The summed E-state index contributed by atoms with van der Waals surface area (Å²) in [6.45, 7) is 0. The molecule has 2 aromatic rings. The Morgan fingerprint density at radius 1 is 1.20 bits per heavy atom. The molecule has 2 N–H and O–H groups in total. The van der Waals surface area contributed by atoms with E-state index < -0.39 is 0 Å². The number of nitrogen functional groups attached to an aromatic ring is 1. The van der Waals surface area contributed by atoms with Crippen LogP contribution in [0.2, 0.25) is 0 Å². The lowest BCUT2D eigenvalue weighted by Gasteiger charge is -1.95. The molecule has 0 aliphatic rings. The number of anilines is 1. The minimum absolute atomic E-state index is 0.769. The number of nitrogens with two attached hydrogens (primary N) is 1. The average Bonchev–Trinajstić information content (AvgIpc) is 2.63. The van der Waals surface area contributed by atoms with E-state index in [1.165, 1.54) is 0 Å². The number of rotatable bonds is 2. The molecule has 4 nitrogen and oxygen atoms in total. The monoisotopic (exact) mass is 200 g/mol. The van der Waals surface area contributed by atoms with Crippen molar-refractivity contribution in [3.63, 3.8) is 0 Å². The number of hydrogen-bond donors (Lipinski definition) is 1. The zero-order chi connectivity index (χ0) is 10.7. The van der Waals surface area contributed by atoms with Crippen LogP contribution in [0.15, 0.2) is 30.6 Å². The van der Waals surface area contributed by atoms with Crippen LogP contribution in [-0.2, 0) is 7.05 Å². The van der Waals surface area contributed by atoms with Gasteiger partial charge in [0.05, 0.1) is 0 Å². The first-order valence-electron chi connectivity index (χ1n) is 4.63. The van der Waals surface area contributed by atoms with E-state index in [1.807, 2.05) is 48.0 Å². The highest BCUT2D eigenvalue weighted by atomic mass is 15.2. The van der Waals surface area contributed by atoms with Crippen LogP contribution in [-0.4, -0.2) is 14.8 Å². The van der Waals surface area contributed by atoms with Gasteiger partial charge in [-0.2, -0.15) is 0 Å². The van der Waals surface area contributed by atoms with Crippen LogP contribution in [0.25, 0.3) is 12.2 Å². The second-order valence-corrected chi connectivity index (χ2v) is 3.30. The van der Waals surface area contributed by atoms with Crippen molar-refractivity contribution in [2.75, 3.05) is 5.73 Å². The predicted molar refractivity (Wildman–Crippen MR) is 60.8 cm³/mol. The normalized spacial score (nSPS) is 11.0. The molecule has 1 aromatic heterocycles. The second kappa shape index (κ2) is 3.96. The summed E-state index contributed by atoms with van der Waals surface area (Å²) in [5, 5.41) is 7.74. The van der Waals surface area contributed by atoms with Crippen LogP contribution in [0.5, 0.6) is 0 Å². The number of aryl methyl sites for hydroxylation is 1. The van der Waals surface area contributed by atoms with Gasteiger partial charge in [0.25, 0.3) is 0 Å². The fourth-order valence-corrected chi connectivity index (χ4v) is 1.22. The zero-order valence-corrected chi connectivity index (χ0v) is 8.46. The van der Waals surface area contributed by atoms with Crippen LogP contribution in [0.4, 0.5) is 5.69 Å². The Kier molecular flexibility index (Phi) is 2.49. The first kappa shape index (κ1) is 9.45. The molecule has 4 heteroatoms. The van der Waals surface area contributed by atoms with Crippen LogP contribution in [0.1, 0.15) is 11.4 Å². The van der Waals surface area contributed by atoms with Crippen molar-refractivity contribution in [1.29, 1.82) is 0 Å². The lowest BCUT2D eigenvalue weighted by Crippen LogP contribution is -1.88. The lowest BCUT2D eigenvalue weighted by molar-refractivity contribution is 0.896. The molecular weight excluding hydrogens is 188 g/mol. The number of nitrogens with zero attached hydrogens (tertiary/aromatic N) is 3. The number of benzene rings is 1. The quantitative estimate of drug-likeness (QED) is 0.748. The topological polar surface area (TPSA) is 56.7 Å². The number of hydrogen-bond acceptors (Lipinski definition) is 3. The molecule has 0 radical (unpaired) electrons. The van der Waals surface area contributed by atoms with E-state index in [0.717, 1.165) is 17.1 Å². The Morgan fingerprint density at radius 2 is 1.93 bits per heavy atom. The van der Waals surface area contributed by atoms with Crippen LogP contribution >= 0.6 is 0 Å². The van der Waals surface area contributed by atoms with Gasteiger partial charge in [-0.05, 0) is 23.8 Å². The first-order valence-corrected chi connectivity index (χ1v) is 4.63. The van der Waals surface area contributed by atoms with E-state index in [1.54, 1.807) is 6.33 Å². The summed E-state index contributed by atoms with van der Waals surface area (Å²) < 4.78 is 1.85. The van der Waals surface area contributed by atoms with Gasteiger partial charge in [-0.15, -0.1) is 10.2 Å². The standard InChI is InChI=1S/C11H12N4/c1-15-8-13-14-11(15)7-4-9-2-5-10(12)6-3-9/h2-8H,12H2,1H3/b7-4+. The molecule has 1 heterocycles. The molecule has 2 rings (SSSR count). The molecule has 0 unspecified atom stereocenters. The molecule has 1 aromatic carbocycles. The van der Waals surface area contributed by atoms with Gasteiger partial charge in [-0.1, -0.05) is 18.2 Å². The minimum Gasteiger partial charge on any atom is -0.399 e. The van der Waals surface area contributed by atoms with Gasteiger partial charge in [0, 0.05) is 12.7 Å². The molecule has 0 amide bonds. The Morgan fingerprint density at radius 3 is 2.53 bits per heavy atom. The maximum absolute atomic E-state index is 5.59. The highest BCUT2D eigenvalue weighted by Crippen LogP contribution is 2.08. The van der Waals surface area contributed by atoms with Crippen molar-refractivity contribution < 1.29 is 0 Å². The molecule has 0 atom stereocenters. The predicted octanol–water partition coefficient (Wildman–Crippen LogP) is 1.57. The molecule has 0 saturated heterocycles. The molecule has 76 valence electrons. The number of aromatic nitrogens is 3. The van der Waals surface area contributed by atoms with Crippen LogP contribution in [0, 0.1) is 0 Å². The third-order valence-corrected chi connectivity index (χ3v) is 2.11. The highest BCUT2D eigenvalue weighted by Gasteiger charge is 1.93. The minimum atomic E-state index is 0.769. The SMILES string of the molecule is Cn1cnnc1/C=C/c1ccc(N)cc1. The van der Waals surface area contributed by atoms with Gasteiger partial charge in [-0.25, -0.2) is 0 Å². The van der Waals surface area contributed by atoms with E-state index in [4.69, 9.17) is 5.73 Å². The third-order valence-electron chi connectivity index (χ3n) is 2.11. The molecular formula is C11H12N4. The van der Waals surface area contributed by atoms with Gasteiger partial charge in [0.1, 0.15) is 6.33 Å². The van der Waals surface area contributed by atoms with E-state index in [-0.39, 0.29) is 0 Å². The Hall–Kier alpha value is -2.10. The summed E-state index contributed by atoms with van der Waals surface area (Å²) in [6, 6.07) is 7.66. The van der Waals surface area contributed by atoms with E-state index in [2.05, 4.69) is 10.2 Å². The van der Waals surface area contributed by atoms with Crippen LogP contribution in [0.3, 0.4) is 0 Å². The first-order chi connectivity index (χ1) is 7.25. The van der Waals surface area contributed by atoms with Gasteiger partial charge < -0.3 is 10.3 Å². The Labute approximate surface area is 88.1 Å². The van der Waals surface area contributed by atoms with E-state index in [9.17, 15) is 0 Å². The summed E-state index contributed by atoms with van der Waals surface area (Å²) in [5.74, 6) is 0.826. The van der Waals surface area contributed by atoms with Gasteiger partial charge in [0.2, 0.25) is 0 Å². The van der Waals surface area contributed by atoms with Gasteiger partial charge >= 0.3 is 0 Å². The summed E-state index contributed by atoms with van der Waals surface area (Å²) in [5.41, 5.74) is 7.45.